The third-order valence-electron chi connectivity index (χ3n) is 4.15. The van der Waals surface area contributed by atoms with Gasteiger partial charge in [0.2, 0.25) is 0 Å². The van der Waals surface area contributed by atoms with Crippen LogP contribution in [0.25, 0.3) is 28.1 Å². The standard InChI is InChI=1S/C17H12Cl2N6O4.Na/c1-29-7-11-22-23-15(8-3-2-4-24(28)6-8)25(11)14-12(19)9(18)5-10-13(14)21-17(27)16(26)20-10;/h2-6H,7H2,1H3,(H,20,26)(H,21,27);. The monoisotopic (exact) mass is 457 g/mol. The number of rotatable bonds is 4. The summed E-state index contributed by atoms with van der Waals surface area (Å²) in [5, 5.41) is 20.3. The van der Waals surface area contributed by atoms with Gasteiger partial charge in [0, 0.05) is 42.7 Å². The zero-order chi connectivity index (χ0) is 20.7. The molecule has 4 rings (SSSR count). The molecule has 0 amide bonds. The fourth-order valence-electron chi connectivity index (χ4n) is 2.95. The fourth-order valence-corrected chi connectivity index (χ4v) is 3.38. The predicted octanol–water partition coefficient (Wildman–Crippen LogP) is 1.17. The first-order valence-corrected chi connectivity index (χ1v) is 8.93. The number of hydrogen-bond donors (Lipinski definition) is 2. The number of H-pyrrole nitrogens is 2. The Bertz CT molecular complexity index is 1370. The van der Waals surface area contributed by atoms with Gasteiger partial charge in [-0.1, -0.05) is 23.2 Å². The number of pyridine rings is 1. The molecule has 0 saturated heterocycles. The molecule has 2 N–H and O–H groups in total. The third kappa shape index (κ3) is 3.89. The van der Waals surface area contributed by atoms with E-state index in [9.17, 15) is 14.8 Å². The first-order valence-electron chi connectivity index (χ1n) is 8.18. The van der Waals surface area contributed by atoms with E-state index < -0.39 is 11.1 Å². The van der Waals surface area contributed by atoms with E-state index >= 15 is 0 Å². The van der Waals surface area contributed by atoms with Gasteiger partial charge < -0.3 is 19.9 Å². The van der Waals surface area contributed by atoms with Crippen LogP contribution in [0.2, 0.25) is 10.0 Å². The fraction of sp³-hybridized carbons (Fsp3) is 0.118. The van der Waals surface area contributed by atoms with E-state index in [-0.39, 0.29) is 68.8 Å². The third-order valence-corrected chi connectivity index (χ3v) is 4.93. The Morgan fingerprint density at radius 1 is 1.23 bits per heavy atom. The molecule has 0 bridgehead atoms. The number of fused-ring (bicyclic) bond motifs is 1. The van der Waals surface area contributed by atoms with Crippen LogP contribution in [0.5, 0.6) is 0 Å². The van der Waals surface area contributed by atoms with Crippen LogP contribution in [0.15, 0.2) is 40.2 Å². The van der Waals surface area contributed by atoms with Crippen molar-refractivity contribution in [2.75, 3.05) is 7.11 Å². The molecule has 3 heterocycles. The maximum absolute atomic E-state index is 12.0. The Kier molecular flexibility index (Phi) is 6.65. The molecule has 0 fully saturated rings. The van der Waals surface area contributed by atoms with E-state index in [1.165, 1.54) is 30.1 Å². The van der Waals surface area contributed by atoms with Gasteiger partial charge in [-0.05, 0) is 12.1 Å². The van der Waals surface area contributed by atoms with E-state index in [1.54, 1.807) is 12.1 Å². The molecule has 0 aliphatic rings. The summed E-state index contributed by atoms with van der Waals surface area (Å²) < 4.78 is 7.32. The van der Waals surface area contributed by atoms with Crippen molar-refractivity contribution in [1.82, 2.24) is 24.7 Å². The largest absolute Gasteiger partial charge is 0.619 e. The summed E-state index contributed by atoms with van der Waals surface area (Å²) in [6, 6.07) is 4.64. The second kappa shape index (κ2) is 8.88. The quantitative estimate of drug-likeness (QED) is 0.204. The van der Waals surface area contributed by atoms with Crippen molar-refractivity contribution in [2.45, 2.75) is 6.61 Å². The summed E-state index contributed by atoms with van der Waals surface area (Å²) in [7, 11) is 1.48. The molecule has 13 heteroatoms. The Morgan fingerprint density at radius 2 is 1.97 bits per heavy atom. The minimum absolute atomic E-state index is 0. The summed E-state index contributed by atoms with van der Waals surface area (Å²) in [6.07, 6.45) is 2.63. The maximum atomic E-state index is 12.0. The van der Waals surface area contributed by atoms with E-state index in [2.05, 4.69) is 20.2 Å². The molecular formula is C17H12Cl2N6NaO4. The molecular weight excluding hydrogens is 446 g/mol. The number of benzene rings is 1. The van der Waals surface area contributed by atoms with Crippen LogP contribution in [0, 0.1) is 5.21 Å². The Hall–Kier alpha value is -2.21. The van der Waals surface area contributed by atoms with E-state index in [0.29, 0.717) is 16.1 Å². The number of aromatic nitrogens is 6. The molecule has 0 spiro atoms. The normalized spacial score (nSPS) is 10.9. The summed E-state index contributed by atoms with van der Waals surface area (Å²) in [5.74, 6) is 0.598. The minimum Gasteiger partial charge on any atom is -0.619 e. The Labute approximate surface area is 200 Å². The van der Waals surface area contributed by atoms with Gasteiger partial charge in [-0.2, -0.15) is 4.73 Å². The summed E-state index contributed by atoms with van der Waals surface area (Å²) in [4.78, 5) is 28.7. The van der Waals surface area contributed by atoms with Crippen LogP contribution in [0.4, 0.5) is 0 Å². The summed E-state index contributed by atoms with van der Waals surface area (Å²) in [5.41, 5.74) is -0.554. The molecule has 30 heavy (non-hydrogen) atoms. The van der Waals surface area contributed by atoms with Gasteiger partial charge in [-0.3, -0.25) is 14.2 Å². The molecule has 3 aromatic heterocycles. The smallest absolute Gasteiger partial charge is 0.314 e. The number of methoxy groups -OCH3 is 1. The average molecular weight is 458 g/mol. The molecule has 149 valence electrons. The van der Waals surface area contributed by atoms with Crippen molar-refractivity contribution >= 4 is 63.8 Å². The summed E-state index contributed by atoms with van der Waals surface area (Å²) >= 11 is 12.8. The molecule has 0 unspecified atom stereocenters. The van der Waals surface area contributed by atoms with E-state index in [4.69, 9.17) is 27.9 Å². The van der Waals surface area contributed by atoms with Gasteiger partial charge >= 0.3 is 11.1 Å². The van der Waals surface area contributed by atoms with Crippen LogP contribution in [0.3, 0.4) is 0 Å². The van der Waals surface area contributed by atoms with Crippen LogP contribution in [-0.2, 0) is 11.3 Å². The van der Waals surface area contributed by atoms with Gasteiger partial charge in [0.05, 0.1) is 32.3 Å². The van der Waals surface area contributed by atoms with Crippen LogP contribution < -0.4 is 15.8 Å². The molecule has 0 aliphatic carbocycles. The van der Waals surface area contributed by atoms with Crippen molar-refractivity contribution in [1.29, 1.82) is 0 Å². The Morgan fingerprint density at radius 3 is 2.67 bits per heavy atom. The molecule has 0 saturated carbocycles. The van der Waals surface area contributed by atoms with Crippen molar-refractivity contribution in [3.8, 4) is 17.1 Å². The zero-order valence-corrected chi connectivity index (χ0v) is 19.3. The van der Waals surface area contributed by atoms with Crippen molar-refractivity contribution < 1.29 is 9.47 Å². The number of ether oxygens (including phenoxy) is 1. The molecule has 1 radical (unpaired) electrons. The predicted molar refractivity (Wildman–Crippen MR) is 111 cm³/mol. The van der Waals surface area contributed by atoms with Crippen LogP contribution in [0.1, 0.15) is 5.82 Å². The van der Waals surface area contributed by atoms with Crippen molar-refractivity contribution in [2.24, 2.45) is 0 Å². The first kappa shape index (κ1) is 22.5. The van der Waals surface area contributed by atoms with Gasteiger partial charge in [0.15, 0.2) is 24.0 Å². The van der Waals surface area contributed by atoms with Crippen molar-refractivity contribution in [3.63, 3.8) is 0 Å². The number of halogens is 2. The topological polar surface area (TPSA) is 133 Å². The van der Waals surface area contributed by atoms with Gasteiger partial charge in [-0.25, -0.2) is 0 Å². The zero-order valence-electron chi connectivity index (χ0n) is 15.8. The second-order valence-electron chi connectivity index (χ2n) is 6.01. The SMILES string of the molecule is COCc1nnc(-c2ccc[n+]([O-])c2)n1-c1c(Cl)c(Cl)cc2[nH]c(=O)c(=O)[nH]c12.[Na]. The van der Waals surface area contributed by atoms with Crippen LogP contribution in [-0.4, -0.2) is 61.4 Å². The second-order valence-corrected chi connectivity index (χ2v) is 6.80. The molecule has 10 nitrogen and oxygen atoms in total. The maximum Gasteiger partial charge on any atom is 0.314 e. The van der Waals surface area contributed by atoms with E-state index in [1.807, 2.05) is 0 Å². The van der Waals surface area contributed by atoms with E-state index in [0.717, 1.165) is 0 Å². The minimum atomic E-state index is -0.864. The number of aromatic amines is 2. The molecule has 4 aromatic rings. The summed E-state index contributed by atoms with van der Waals surface area (Å²) in [6.45, 7) is 0.0507. The first-order chi connectivity index (χ1) is 13.9. The van der Waals surface area contributed by atoms with Crippen molar-refractivity contribution in [3.05, 3.63) is 72.4 Å². The van der Waals surface area contributed by atoms with Gasteiger partial charge in [0.1, 0.15) is 6.61 Å². The van der Waals surface area contributed by atoms with Crippen LogP contribution >= 0.6 is 23.2 Å². The Balaban J connectivity index is 0.00000256. The molecule has 0 aliphatic heterocycles. The molecule has 1 aromatic carbocycles. The number of hydrogen-bond acceptors (Lipinski definition) is 6. The molecule has 0 atom stereocenters. The average Bonchev–Trinajstić information content (AvgIpc) is 3.08. The number of nitrogens with one attached hydrogen (secondary N) is 2. The number of nitrogens with zero attached hydrogens (tertiary/aromatic N) is 4. The van der Waals surface area contributed by atoms with Gasteiger partial charge in [0.25, 0.3) is 0 Å². The van der Waals surface area contributed by atoms with Gasteiger partial charge in [-0.15, -0.1) is 10.2 Å².